The van der Waals surface area contributed by atoms with Gasteiger partial charge >= 0.3 is 0 Å². The maximum atomic E-state index is 12.6. The van der Waals surface area contributed by atoms with Crippen molar-refractivity contribution in [1.29, 1.82) is 0 Å². The number of nitrogens with one attached hydrogen (secondary N) is 2. The van der Waals surface area contributed by atoms with Gasteiger partial charge in [0, 0.05) is 21.7 Å². The second-order valence-corrected chi connectivity index (χ2v) is 8.40. The second-order valence-electron chi connectivity index (χ2n) is 7.99. The highest BCUT2D eigenvalue weighted by Gasteiger charge is 2.12. The molecule has 0 atom stereocenters. The molecule has 5 aromatic rings. The molecule has 178 valence electrons. The van der Waals surface area contributed by atoms with Gasteiger partial charge < -0.3 is 9.84 Å². The van der Waals surface area contributed by atoms with E-state index in [0.717, 1.165) is 21.9 Å². The standard InChI is InChI=1S/C28H21ClN4O3/c29-24-11-4-2-7-20(24)17-36-21-9-5-8-19(14-21)25-15-26(32-31-25)28(35)33-30-16-23-22-10-3-1-6-18(22)12-13-27(23)34/h1-16,34H,17H2,(H,31,32)(H,33,35). The van der Waals surface area contributed by atoms with Crippen molar-refractivity contribution >= 4 is 34.5 Å². The van der Waals surface area contributed by atoms with Crippen molar-refractivity contribution in [2.75, 3.05) is 0 Å². The first-order valence-electron chi connectivity index (χ1n) is 11.1. The minimum Gasteiger partial charge on any atom is -0.507 e. The molecule has 36 heavy (non-hydrogen) atoms. The summed E-state index contributed by atoms with van der Waals surface area (Å²) in [5, 5.41) is 23.7. The normalized spacial score (nSPS) is 11.1. The SMILES string of the molecule is O=C(NN=Cc1c(O)ccc2ccccc12)c1cc(-c2cccc(OCc3ccccc3Cl)c2)n[nH]1. The Kier molecular flexibility index (Phi) is 6.64. The number of rotatable bonds is 7. The molecule has 1 aromatic heterocycles. The maximum Gasteiger partial charge on any atom is 0.289 e. The van der Waals surface area contributed by atoms with Crippen LogP contribution in [-0.2, 0) is 6.61 Å². The average molecular weight is 497 g/mol. The number of hydrogen-bond acceptors (Lipinski definition) is 5. The number of hydrazone groups is 1. The molecule has 4 aromatic carbocycles. The predicted molar refractivity (Wildman–Crippen MR) is 140 cm³/mol. The third-order valence-electron chi connectivity index (χ3n) is 5.61. The molecule has 0 aliphatic rings. The number of halogens is 1. The Morgan fingerprint density at radius 3 is 2.75 bits per heavy atom. The molecule has 0 bridgehead atoms. The zero-order valence-corrected chi connectivity index (χ0v) is 19.7. The number of nitrogens with zero attached hydrogens (tertiary/aromatic N) is 2. The van der Waals surface area contributed by atoms with Crippen LogP contribution >= 0.6 is 11.6 Å². The minimum absolute atomic E-state index is 0.0761. The van der Waals surface area contributed by atoms with Crippen molar-refractivity contribution in [2.45, 2.75) is 6.61 Å². The summed E-state index contributed by atoms with van der Waals surface area (Å²) < 4.78 is 5.88. The third-order valence-corrected chi connectivity index (χ3v) is 5.98. The summed E-state index contributed by atoms with van der Waals surface area (Å²) in [7, 11) is 0. The smallest absolute Gasteiger partial charge is 0.289 e. The number of amides is 1. The molecule has 8 heteroatoms. The fourth-order valence-electron chi connectivity index (χ4n) is 3.74. The number of phenolic OH excluding ortho intramolecular Hbond substituents is 1. The minimum atomic E-state index is -0.462. The van der Waals surface area contributed by atoms with Crippen molar-refractivity contribution in [3.63, 3.8) is 0 Å². The summed E-state index contributed by atoms with van der Waals surface area (Å²) in [6, 6.07) is 27.6. The fraction of sp³-hybridized carbons (Fsp3) is 0.0357. The summed E-state index contributed by atoms with van der Waals surface area (Å²) >= 11 is 6.20. The molecule has 0 aliphatic heterocycles. The van der Waals surface area contributed by atoms with Crippen LogP contribution in [0.25, 0.3) is 22.0 Å². The summed E-state index contributed by atoms with van der Waals surface area (Å²) in [5.41, 5.74) is 5.49. The van der Waals surface area contributed by atoms with Gasteiger partial charge in [-0.15, -0.1) is 0 Å². The molecule has 0 fully saturated rings. The molecule has 3 N–H and O–H groups in total. The van der Waals surface area contributed by atoms with E-state index >= 15 is 0 Å². The molecule has 0 aliphatic carbocycles. The Balaban J connectivity index is 1.26. The molecule has 1 amide bonds. The highest BCUT2D eigenvalue weighted by Crippen LogP contribution is 2.26. The lowest BCUT2D eigenvalue weighted by Crippen LogP contribution is -2.18. The van der Waals surface area contributed by atoms with Gasteiger partial charge in [-0.3, -0.25) is 9.89 Å². The van der Waals surface area contributed by atoms with Crippen LogP contribution in [0.4, 0.5) is 0 Å². The quantitative estimate of drug-likeness (QED) is 0.192. The van der Waals surface area contributed by atoms with E-state index in [-0.39, 0.29) is 11.4 Å². The van der Waals surface area contributed by atoms with Crippen LogP contribution in [0.3, 0.4) is 0 Å². The average Bonchev–Trinajstić information content (AvgIpc) is 3.40. The molecular formula is C28H21ClN4O3. The fourth-order valence-corrected chi connectivity index (χ4v) is 3.93. The van der Waals surface area contributed by atoms with E-state index < -0.39 is 5.91 Å². The van der Waals surface area contributed by atoms with Crippen LogP contribution in [0.15, 0.2) is 96.1 Å². The van der Waals surface area contributed by atoms with Crippen molar-refractivity contribution in [2.24, 2.45) is 5.10 Å². The van der Waals surface area contributed by atoms with Crippen LogP contribution in [0.5, 0.6) is 11.5 Å². The van der Waals surface area contributed by atoms with E-state index in [2.05, 4.69) is 20.7 Å². The molecule has 0 spiro atoms. The van der Waals surface area contributed by atoms with Crippen LogP contribution < -0.4 is 10.2 Å². The van der Waals surface area contributed by atoms with Gasteiger partial charge in [-0.2, -0.15) is 10.2 Å². The topological polar surface area (TPSA) is 99.6 Å². The summed E-state index contributed by atoms with van der Waals surface area (Å²) in [4.78, 5) is 12.6. The molecule has 0 radical (unpaired) electrons. The van der Waals surface area contributed by atoms with Gasteiger partial charge in [-0.25, -0.2) is 5.43 Å². The zero-order valence-electron chi connectivity index (χ0n) is 19.0. The monoisotopic (exact) mass is 496 g/mol. The first kappa shape index (κ1) is 23.1. The largest absolute Gasteiger partial charge is 0.507 e. The first-order valence-corrected chi connectivity index (χ1v) is 11.5. The molecule has 7 nitrogen and oxygen atoms in total. The van der Waals surface area contributed by atoms with Crippen LogP contribution in [0.1, 0.15) is 21.6 Å². The number of aromatic nitrogens is 2. The van der Waals surface area contributed by atoms with Gasteiger partial charge in [-0.05, 0) is 41.1 Å². The van der Waals surface area contributed by atoms with Crippen molar-refractivity contribution in [1.82, 2.24) is 15.6 Å². The van der Waals surface area contributed by atoms with Crippen LogP contribution in [0.2, 0.25) is 5.02 Å². The first-order chi connectivity index (χ1) is 17.6. The number of carbonyl (C=O) groups excluding carboxylic acids is 1. The lowest BCUT2D eigenvalue weighted by atomic mass is 10.0. The van der Waals surface area contributed by atoms with Crippen molar-refractivity contribution in [3.8, 4) is 22.8 Å². The number of aromatic amines is 1. The second kappa shape index (κ2) is 10.3. The Labute approximate surface area is 212 Å². The number of fused-ring (bicyclic) bond motifs is 1. The Bertz CT molecular complexity index is 1580. The highest BCUT2D eigenvalue weighted by atomic mass is 35.5. The number of aromatic hydroxyl groups is 1. The van der Waals surface area contributed by atoms with E-state index in [1.54, 1.807) is 12.1 Å². The lowest BCUT2D eigenvalue weighted by molar-refractivity contribution is 0.0950. The Morgan fingerprint density at radius 2 is 1.86 bits per heavy atom. The maximum absolute atomic E-state index is 12.6. The Hall–Kier alpha value is -4.62. The number of benzene rings is 4. The van der Waals surface area contributed by atoms with E-state index in [4.69, 9.17) is 16.3 Å². The number of phenols is 1. The van der Waals surface area contributed by atoms with Crippen molar-refractivity contribution in [3.05, 3.63) is 113 Å². The van der Waals surface area contributed by atoms with Gasteiger partial charge in [0.05, 0.1) is 11.9 Å². The highest BCUT2D eigenvalue weighted by molar-refractivity contribution is 6.31. The molecular weight excluding hydrogens is 476 g/mol. The number of carbonyl (C=O) groups is 1. The van der Waals surface area contributed by atoms with E-state index in [1.165, 1.54) is 6.21 Å². The molecule has 0 unspecified atom stereocenters. The molecule has 5 rings (SSSR count). The molecule has 0 saturated carbocycles. The predicted octanol–water partition coefficient (Wildman–Crippen LogP) is 5.93. The van der Waals surface area contributed by atoms with E-state index in [9.17, 15) is 9.90 Å². The van der Waals surface area contributed by atoms with Crippen LogP contribution in [-0.4, -0.2) is 27.4 Å². The van der Waals surface area contributed by atoms with Gasteiger partial charge in [0.2, 0.25) is 0 Å². The summed E-state index contributed by atoms with van der Waals surface area (Å²) in [6.45, 7) is 0.335. The third kappa shape index (κ3) is 5.06. The van der Waals surface area contributed by atoms with Gasteiger partial charge in [0.15, 0.2) is 0 Å². The van der Waals surface area contributed by atoms with Gasteiger partial charge in [0.1, 0.15) is 23.8 Å². The Morgan fingerprint density at radius 1 is 1.03 bits per heavy atom. The van der Waals surface area contributed by atoms with Gasteiger partial charge in [0.25, 0.3) is 5.91 Å². The van der Waals surface area contributed by atoms with Crippen molar-refractivity contribution < 1.29 is 14.6 Å². The van der Waals surface area contributed by atoms with Gasteiger partial charge in [-0.1, -0.05) is 72.3 Å². The van der Waals surface area contributed by atoms with Crippen LogP contribution in [0, 0.1) is 0 Å². The molecule has 1 heterocycles. The van der Waals surface area contributed by atoms with E-state index in [1.807, 2.05) is 78.9 Å². The zero-order chi connectivity index (χ0) is 24.9. The lowest BCUT2D eigenvalue weighted by Gasteiger charge is -2.08. The number of H-pyrrole nitrogens is 1. The number of ether oxygens (including phenoxy) is 1. The van der Waals surface area contributed by atoms with E-state index in [0.29, 0.717) is 28.6 Å². The number of hydrogen-bond donors (Lipinski definition) is 3. The summed E-state index contributed by atoms with van der Waals surface area (Å²) in [6.07, 6.45) is 1.42. The summed E-state index contributed by atoms with van der Waals surface area (Å²) in [5.74, 6) is 0.268. The molecule has 0 saturated heterocycles.